The Morgan fingerprint density at radius 1 is 1.50 bits per heavy atom. The van der Waals surface area contributed by atoms with Crippen molar-refractivity contribution in [3.8, 4) is 0 Å². The number of aryl methyl sites for hydroxylation is 1. The van der Waals surface area contributed by atoms with Crippen molar-refractivity contribution in [2.45, 2.75) is 30.2 Å². The molecule has 4 rings (SSSR count). The van der Waals surface area contributed by atoms with Gasteiger partial charge in [0.1, 0.15) is 0 Å². The number of nitrogens with zero attached hydrogens (tertiary/aromatic N) is 2. The van der Waals surface area contributed by atoms with E-state index in [-0.39, 0.29) is 5.54 Å². The van der Waals surface area contributed by atoms with Gasteiger partial charge in [0.05, 0.1) is 0 Å². The van der Waals surface area contributed by atoms with Crippen LogP contribution in [0.4, 0.5) is 0 Å². The number of nitrogens with two attached hydrogens (primary N) is 1. The van der Waals surface area contributed by atoms with Crippen LogP contribution in [-0.2, 0) is 12.5 Å². The summed E-state index contributed by atoms with van der Waals surface area (Å²) in [6.45, 7) is 0. The predicted molar refractivity (Wildman–Crippen MR) is 45.7 cm³/mol. The largest absolute Gasteiger partial charge is 0.325 e. The van der Waals surface area contributed by atoms with Crippen molar-refractivity contribution in [1.29, 1.82) is 0 Å². The molecule has 0 amide bonds. The van der Waals surface area contributed by atoms with Crippen molar-refractivity contribution < 1.29 is 0 Å². The lowest BCUT2D eigenvalue weighted by Gasteiger charge is -2.68. The van der Waals surface area contributed by atoms with Crippen LogP contribution in [0.3, 0.4) is 0 Å². The third kappa shape index (κ3) is 0.556. The van der Waals surface area contributed by atoms with Gasteiger partial charge in [-0.15, -0.1) is 0 Å². The molecule has 1 aromatic rings. The zero-order chi connectivity index (χ0) is 8.40. The molecule has 1 aromatic heterocycles. The van der Waals surface area contributed by atoms with Gasteiger partial charge in [-0.05, 0) is 25.3 Å². The van der Waals surface area contributed by atoms with E-state index in [1.54, 1.807) is 0 Å². The minimum atomic E-state index is 0.199. The van der Waals surface area contributed by atoms with Gasteiger partial charge in [0.2, 0.25) is 0 Å². The molecular formula is C9H13N3. The molecular weight excluding hydrogens is 150 g/mol. The molecule has 3 saturated carbocycles. The fourth-order valence-corrected chi connectivity index (χ4v) is 3.03. The fourth-order valence-electron chi connectivity index (χ4n) is 3.03. The minimum absolute atomic E-state index is 0.199. The first kappa shape index (κ1) is 6.66. The van der Waals surface area contributed by atoms with Crippen LogP contribution < -0.4 is 5.73 Å². The molecule has 3 heteroatoms. The highest BCUT2D eigenvalue weighted by atomic mass is 15.3. The lowest BCUT2D eigenvalue weighted by Crippen LogP contribution is -2.74. The standard InChI is InChI=1S/C9H13N3/c1-12-7(2-3-11-12)8-4-9(10,5-8)6-8/h2-3H,4-6,10H2,1H3. The third-order valence-corrected chi connectivity index (χ3v) is 3.44. The summed E-state index contributed by atoms with van der Waals surface area (Å²) in [4.78, 5) is 0. The third-order valence-electron chi connectivity index (χ3n) is 3.44. The van der Waals surface area contributed by atoms with Crippen molar-refractivity contribution in [3.05, 3.63) is 18.0 Å². The molecule has 0 spiro atoms. The Kier molecular flexibility index (Phi) is 0.884. The average Bonchev–Trinajstić information content (AvgIpc) is 2.26. The monoisotopic (exact) mass is 163 g/mol. The van der Waals surface area contributed by atoms with Crippen molar-refractivity contribution in [2.75, 3.05) is 0 Å². The van der Waals surface area contributed by atoms with Gasteiger partial charge in [-0.2, -0.15) is 5.10 Å². The Morgan fingerprint density at radius 3 is 2.58 bits per heavy atom. The number of rotatable bonds is 1. The van der Waals surface area contributed by atoms with Crippen LogP contribution in [0.1, 0.15) is 25.0 Å². The average molecular weight is 163 g/mol. The second kappa shape index (κ2) is 1.59. The molecule has 0 unspecified atom stereocenters. The van der Waals surface area contributed by atoms with Gasteiger partial charge in [-0.25, -0.2) is 0 Å². The maximum Gasteiger partial charge on any atom is 0.0492 e. The van der Waals surface area contributed by atoms with Crippen LogP contribution in [-0.4, -0.2) is 15.3 Å². The number of hydrogen-bond donors (Lipinski definition) is 1. The summed E-state index contributed by atoms with van der Waals surface area (Å²) in [5, 5.41) is 4.19. The Hall–Kier alpha value is -0.830. The zero-order valence-corrected chi connectivity index (χ0v) is 7.25. The smallest absolute Gasteiger partial charge is 0.0492 e. The first-order valence-corrected chi connectivity index (χ1v) is 4.41. The number of aromatic nitrogens is 2. The highest BCUT2D eigenvalue weighted by Gasteiger charge is 2.67. The molecule has 0 aromatic carbocycles. The van der Waals surface area contributed by atoms with E-state index in [2.05, 4.69) is 11.2 Å². The van der Waals surface area contributed by atoms with E-state index >= 15 is 0 Å². The van der Waals surface area contributed by atoms with Crippen LogP contribution >= 0.6 is 0 Å². The van der Waals surface area contributed by atoms with Crippen molar-refractivity contribution in [1.82, 2.24) is 9.78 Å². The van der Waals surface area contributed by atoms with Gasteiger partial charge in [0, 0.05) is 29.9 Å². The van der Waals surface area contributed by atoms with E-state index in [1.807, 2.05) is 17.9 Å². The summed E-state index contributed by atoms with van der Waals surface area (Å²) in [7, 11) is 2.01. The molecule has 0 atom stereocenters. The van der Waals surface area contributed by atoms with Crippen LogP contribution in [0.15, 0.2) is 12.3 Å². The molecule has 2 bridgehead atoms. The van der Waals surface area contributed by atoms with E-state index in [4.69, 9.17) is 5.73 Å². The zero-order valence-electron chi connectivity index (χ0n) is 7.25. The van der Waals surface area contributed by atoms with Crippen LogP contribution in [0.2, 0.25) is 0 Å². The molecule has 3 aliphatic carbocycles. The van der Waals surface area contributed by atoms with E-state index in [0.29, 0.717) is 5.41 Å². The Balaban J connectivity index is 1.98. The summed E-state index contributed by atoms with van der Waals surface area (Å²) in [5.41, 5.74) is 7.98. The molecule has 3 aliphatic rings. The Morgan fingerprint density at radius 2 is 2.17 bits per heavy atom. The topological polar surface area (TPSA) is 43.8 Å². The van der Waals surface area contributed by atoms with Gasteiger partial charge in [0.25, 0.3) is 0 Å². The molecule has 1 heterocycles. The molecule has 64 valence electrons. The summed E-state index contributed by atoms with van der Waals surface area (Å²) in [6, 6.07) is 2.12. The molecule has 3 nitrogen and oxygen atoms in total. The quantitative estimate of drug-likeness (QED) is 0.657. The maximum atomic E-state index is 6.00. The van der Waals surface area contributed by atoms with Crippen molar-refractivity contribution >= 4 is 0 Å². The molecule has 3 fully saturated rings. The Labute approximate surface area is 71.6 Å². The van der Waals surface area contributed by atoms with Crippen molar-refractivity contribution in [2.24, 2.45) is 12.8 Å². The molecule has 2 N–H and O–H groups in total. The van der Waals surface area contributed by atoms with Gasteiger partial charge in [-0.3, -0.25) is 4.68 Å². The van der Waals surface area contributed by atoms with Crippen LogP contribution in [0.25, 0.3) is 0 Å². The summed E-state index contributed by atoms with van der Waals surface area (Å²) >= 11 is 0. The maximum absolute atomic E-state index is 6.00. The fraction of sp³-hybridized carbons (Fsp3) is 0.667. The van der Waals surface area contributed by atoms with E-state index in [9.17, 15) is 0 Å². The van der Waals surface area contributed by atoms with Crippen LogP contribution in [0.5, 0.6) is 0 Å². The van der Waals surface area contributed by atoms with E-state index in [0.717, 1.165) is 0 Å². The van der Waals surface area contributed by atoms with Gasteiger partial charge < -0.3 is 5.73 Å². The highest BCUT2D eigenvalue weighted by molar-refractivity contribution is 5.37. The second-order valence-corrected chi connectivity index (χ2v) is 4.51. The molecule has 12 heavy (non-hydrogen) atoms. The Bertz CT molecular complexity index is 320. The minimum Gasteiger partial charge on any atom is -0.325 e. The van der Waals surface area contributed by atoms with Crippen LogP contribution in [0, 0.1) is 0 Å². The SMILES string of the molecule is Cn1nccc1C12CC(N)(C1)C2. The molecule has 0 aliphatic heterocycles. The summed E-state index contributed by atoms with van der Waals surface area (Å²) in [5.74, 6) is 0. The van der Waals surface area contributed by atoms with E-state index < -0.39 is 0 Å². The summed E-state index contributed by atoms with van der Waals surface area (Å²) in [6.07, 6.45) is 5.37. The first-order valence-electron chi connectivity index (χ1n) is 4.41. The predicted octanol–water partition coefficient (Wildman–Crippen LogP) is 0.553. The lowest BCUT2D eigenvalue weighted by molar-refractivity contribution is -0.0643. The van der Waals surface area contributed by atoms with Crippen molar-refractivity contribution in [3.63, 3.8) is 0 Å². The summed E-state index contributed by atoms with van der Waals surface area (Å²) < 4.78 is 1.98. The normalized spacial score (nSPS) is 43.5. The highest BCUT2D eigenvalue weighted by Crippen LogP contribution is 2.66. The molecule has 0 radical (unpaired) electrons. The van der Waals surface area contributed by atoms with E-state index in [1.165, 1.54) is 25.0 Å². The number of hydrogen-bond acceptors (Lipinski definition) is 2. The first-order chi connectivity index (χ1) is 5.64. The van der Waals surface area contributed by atoms with Gasteiger partial charge in [0.15, 0.2) is 0 Å². The second-order valence-electron chi connectivity index (χ2n) is 4.51. The van der Waals surface area contributed by atoms with Gasteiger partial charge in [-0.1, -0.05) is 0 Å². The van der Waals surface area contributed by atoms with Gasteiger partial charge >= 0.3 is 0 Å². The molecule has 0 saturated heterocycles. The lowest BCUT2D eigenvalue weighted by atomic mass is 9.39.